The van der Waals surface area contributed by atoms with Crippen LogP contribution in [0, 0.1) is 0 Å². The molecule has 0 radical (unpaired) electrons. The van der Waals surface area contributed by atoms with Crippen molar-refractivity contribution in [1.82, 2.24) is 4.98 Å². The third-order valence-electron chi connectivity index (χ3n) is 2.61. The van der Waals surface area contributed by atoms with Crippen LogP contribution in [0.15, 0.2) is 48.5 Å². The van der Waals surface area contributed by atoms with Crippen molar-refractivity contribution < 1.29 is 2.85 Å². The van der Waals surface area contributed by atoms with Crippen LogP contribution in [0.2, 0.25) is 0 Å². The van der Waals surface area contributed by atoms with Crippen LogP contribution in [0.4, 0.5) is 5.82 Å². The van der Waals surface area contributed by atoms with Crippen molar-refractivity contribution in [3.8, 4) is 0 Å². The summed E-state index contributed by atoms with van der Waals surface area (Å²) in [7, 11) is 0. The van der Waals surface area contributed by atoms with Crippen molar-refractivity contribution in [2.45, 2.75) is 0 Å². The first-order valence-corrected chi connectivity index (χ1v) is 4.88. The normalized spacial score (nSPS) is 10.2. The molecule has 0 amide bonds. The number of anilines is 1. The number of benzene rings is 2. The van der Waals surface area contributed by atoms with Crippen LogP contribution in [-0.4, -0.2) is 15.1 Å². The predicted octanol–water partition coefficient (Wildman–Crippen LogP) is 2.81. The van der Waals surface area contributed by atoms with Gasteiger partial charge in [0.15, 0.2) is 0 Å². The first-order chi connectivity index (χ1) is 7.34. The summed E-state index contributed by atoms with van der Waals surface area (Å²) in [5.74, 6) is 0.568. The quantitative estimate of drug-likeness (QED) is 0.452. The third-order valence-corrected chi connectivity index (χ3v) is 2.61. The Balaban J connectivity index is 0.000000963. The molecule has 2 nitrogen and oxygen atoms in total. The van der Waals surface area contributed by atoms with Gasteiger partial charge in [-0.3, -0.25) is 0 Å². The molecule has 1 heterocycles. The Morgan fingerprint density at radius 3 is 2.44 bits per heavy atom. The van der Waals surface area contributed by atoms with Crippen LogP contribution in [0.5, 0.6) is 0 Å². The minimum Gasteiger partial charge on any atom is -1.00 e. The standard InChI is InChI=1S/C13H10N2.Be.2H/c14-12-8-7-10-6-5-9-3-1-2-4-11(9)13(10)15-12;;;/h1-8H,(H2,14,15);;;/q;+2;2*-1. The van der Waals surface area contributed by atoms with E-state index >= 15 is 0 Å². The molecule has 1 aromatic heterocycles. The smallest absolute Gasteiger partial charge is 1.00 e. The Kier molecular flexibility index (Phi) is 2.59. The summed E-state index contributed by atoms with van der Waals surface area (Å²) in [5.41, 5.74) is 6.68. The van der Waals surface area contributed by atoms with Gasteiger partial charge in [0.05, 0.1) is 5.52 Å². The van der Waals surface area contributed by atoms with Gasteiger partial charge in [-0.25, -0.2) is 4.98 Å². The van der Waals surface area contributed by atoms with Crippen molar-refractivity contribution in [1.29, 1.82) is 0 Å². The Bertz CT molecular complexity index is 659. The molecule has 0 saturated carbocycles. The van der Waals surface area contributed by atoms with E-state index in [0.717, 1.165) is 16.3 Å². The monoisotopic (exact) mass is 205 g/mol. The van der Waals surface area contributed by atoms with Gasteiger partial charge in [0.2, 0.25) is 0 Å². The zero-order valence-corrected chi connectivity index (χ0v) is 8.85. The molecular weight excluding hydrogens is 193 g/mol. The van der Waals surface area contributed by atoms with E-state index in [-0.39, 0.29) is 13.0 Å². The summed E-state index contributed by atoms with van der Waals surface area (Å²) in [6, 6.07) is 16.2. The van der Waals surface area contributed by atoms with E-state index in [1.807, 2.05) is 24.3 Å². The van der Waals surface area contributed by atoms with E-state index in [4.69, 9.17) is 5.73 Å². The molecule has 0 atom stereocenters. The molecule has 0 spiro atoms. The van der Waals surface area contributed by atoms with Gasteiger partial charge in [0.1, 0.15) is 5.82 Å². The van der Waals surface area contributed by atoms with E-state index in [2.05, 4.69) is 29.2 Å². The number of pyridine rings is 1. The Morgan fingerprint density at radius 2 is 1.56 bits per heavy atom. The second kappa shape index (κ2) is 3.91. The summed E-state index contributed by atoms with van der Waals surface area (Å²) in [6.45, 7) is 0. The van der Waals surface area contributed by atoms with Gasteiger partial charge < -0.3 is 8.59 Å². The van der Waals surface area contributed by atoms with Crippen molar-refractivity contribution >= 4 is 37.6 Å². The first-order valence-electron chi connectivity index (χ1n) is 4.88. The second-order valence-corrected chi connectivity index (χ2v) is 3.59. The largest absolute Gasteiger partial charge is 2.00 e. The maximum atomic E-state index is 5.70. The fraction of sp³-hybridized carbons (Fsp3) is 0. The van der Waals surface area contributed by atoms with Gasteiger partial charge in [0.25, 0.3) is 0 Å². The minimum absolute atomic E-state index is 0. The van der Waals surface area contributed by atoms with E-state index in [1.165, 1.54) is 5.39 Å². The molecule has 2 aromatic carbocycles. The van der Waals surface area contributed by atoms with Crippen molar-refractivity contribution in [2.75, 3.05) is 5.73 Å². The Morgan fingerprint density at radius 1 is 0.875 bits per heavy atom. The van der Waals surface area contributed by atoms with Crippen molar-refractivity contribution in [3.05, 3.63) is 48.5 Å². The topological polar surface area (TPSA) is 38.9 Å². The molecule has 3 rings (SSSR count). The molecule has 0 unspecified atom stereocenters. The van der Waals surface area contributed by atoms with Crippen LogP contribution in [0.1, 0.15) is 2.85 Å². The molecule has 0 fully saturated rings. The first kappa shape index (κ1) is 10.6. The number of fused-ring (bicyclic) bond motifs is 3. The molecule has 0 aliphatic rings. The summed E-state index contributed by atoms with van der Waals surface area (Å²) in [4.78, 5) is 4.38. The van der Waals surface area contributed by atoms with Crippen LogP contribution in [0.25, 0.3) is 21.7 Å². The van der Waals surface area contributed by atoms with Gasteiger partial charge in [0, 0.05) is 10.8 Å². The van der Waals surface area contributed by atoms with E-state index in [9.17, 15) is 0 Å². The summed E-state index contributed by atoms with van der Waals surface area (Å²) >= 11 is 0. The molecule has 0 aliphatic carbocycles. The zero-order valence-electron chi connectivity index (χ0n) is 10.9. The number of nitrogens with two attached hydrogens (primary N) is 1. The van der Waals surface area contributed by atoms with E-state index < -0.39 is 0 Å². The fourth-order valence-corrected chi connectivity index (χ4v) is 1.87. The molecule has 76 valence electrons. The Labute approximate surface area is 100 Å². The molecule has 0 aliphatic heterocycles. The van der Waals surface area contributed by atoms with Crippen LogP contribution in [0.3, 0.4) is 0 Å². The molecule has 0 saturated heterocycles. The molecule has 3 heteroatoms. The van der Waals surface area contributed by atoms with Crippen LogP contribution < -0.4 is 5.73 Å². The summed E-state index contributed by atoms with van der Waals surface area (Å²) < 4.78 is 0. The molecule has 16 heavy (non-hydrogen) atoms. The van der Waals surface area contributed by atoms with Gasteiger partial charge in [-0.15, -0.1) is 0 Å². The van der Waals surface area contributed by atoms with Gasteiger partial charge >= 0.3 is 10.1 Å². The maximum Gasteiger partial charge on any atom is 2.00 e. The number of rotatable bonds is 0. The van der Waals surface area contributed by atoms with Gasteiger partial charge in [-0.2, -0.15) is 0 Å². The Hall–Kier alpha value is -1.92. The number of nitrogen functional groups attached to an aromatic ring is 1. The van der Waals surface area contributed by atoms with E-state index in [0.29, 0.717) is 5.82 Å². The summed E-state index contributed by atoms with van der Waals surface area (Å²) in [5, 5.41) is 3.48. The molecule has 3 aromatic rings. The van der Waals surface area contributed by atoms with Crippen molar-refractivity contribution in [2.24, 2.45) is 0 Å². The fourth-order valence-electron chi connectivity index (χ4n) is 1.87. The maximum absolute atomic E-state index is 5.70. The third kappa shape index (κ3) is 1.53. The SMILES string of the molecule is Nc1ccc2ccc3ccccc3c2n1.[Be+2].[H-].[H-]. The molecular formula is C13H12BeN2. The average molecular weight is 205 g/mol. The second-order valence-electron chi connectivity index (χ2n) is 3.59. The molecule has 0 bridgehead atoms. The number of nitrogens with zero attached hydrogens (tertiary/aromatic N) is 1. The van der Waals surface area contributed by atoms with Crippen molar-refractivity contribution in [3.63, 3.8) is 0 Å². The predicted molar refractivity (Wildman–Crippen MR) is 71.6 cm³/mol. The zero-order chi connectivity index (χ0) is 10.3. The van der Waals surface area contributed by atoms with Gasteiger partial charge in [-0.1, -0.05) is 36.4 Å². The number of hydrogen-bond donors (Lipinski definition) is 1. The minimum atomic E-state index is 0. The molecule has 2 N–H and O–H groups in total. The average Bonchev–Trinajstić information content (AvgIpc) is 2.29. The van der Waals surface area contributed by atoms with Gasteiger partial charge in [-0.05, 0) is 17.5 Å². The number of aromatic nitrogens is 1. The van der Waals surface area contributed by atoms with Crippen LogP contribution in [-0.2, 0) is 0 Å². The van der Waals surface area contributed by atoms with E-state index in [1.54, 1.807) is 0 Å². The number of hydrogen-bond acceptors (Lipinski definition) is 2. The van der Waals surface area contributed by atoms with Crippen LogP contribution >= 0.6 is 0 Å². The summed E-state index contributed by atoms with van der Waals surface area (Å²) in [6.07, 6.45) is 0.